The number of Topliss-reactive ketones (excluding diaryl/α,β-unsaturated/α-hetero) is 1. The van der Waals surface area contributed by atoms with E-state index in [9.17, 15) is 19.5 Å². The molecule has 1 aliphatic heterocycles. The zero-order valence-electron chi connectivity index (χ0n) is 18.0. The summed E-state index contributed by atoms with van der Waals surface area (Å²) in [7, 11) is 0. The van der Waals surface area contributed by atoms with E-state index in [-0.39, 0.29) is 17.3 Å². The molecule has 166 valence electrons. The fourth-order valence-corrected chi connectivity index (χ4v) is 4.46. The van der Waals surface area contributed by atoms with Crippen LogP contribution in [0, 0.1) is 6.92 Å². The molecule has 0 spiro atoms. The van der Waals surface area contributed by atoms with E-state index in [4.69, 9.17) is 0 Å². The number of ketones is 1. The van der Waals surface area contributed by atoms with Crippen LogP contribution in [0.2, 0.25) is 0 Å². The molecule has 33 heavy (non-hydrogen) atoms. The summed E-state index contributed by atoms with van der Waals surface area (Å²) < 4.78 is 1.64. The summed E-state index contributed by atoms with van der Waals surface area (Å²) in [4.78, 5) is 37.3. The summed E-state index contributed by atoms with van der Waals surface area (Å²) in [6.07, 6.45) is 3.36. The van der Waals surface area contributed by atoms with Gasteiger partial charge in [-0.15, -0.1) is 0 Å². The van der Waals surface area contributed by atoms with Gasteiger partial charge in [-0.05, 0) is 55.2 Å². The van der Waals surface area contributed by atoms with Crippen LogP contribution >= 0.6 is 0 Å². The van der Waals surface area contributed by atoms with Crippen LogP contribution in [0.4, 0.5) is 11.5 Å². The van der Waals surface area contributed by atoms with Crippen molar-refractivity contribution in [1.29, 1.82) is 0 Å². The van der Waals surface area contributed by atoms with Crippen molar-refractivity contribution in [2.75, 3.05) is 10.6 Å². The number of allylic oxidation sites excluding steroid dienone is 2. The lowest BCUT2D eigenvalue weighted by Gasteiger charge is -2.33. The van der Waals surface area contributed by atoms with Gasteiger partial charge in [0.25, 0.3) is 5.91 Å². The van der Waals surface area contributed by atoms with Crippen molar-refractivity contribution < 1.29 is 19.5 Å². The van der Waals surface area contributed by atoms with Crippen molar-refractivity contribution in [3.63, 3.8) is 0 Å². The van der Waals surface area contributed by atoms with Crippen LogP contribution in [0.5, 0.6) is 0 Å². The minimum Gasteiger partial charge on any atom is -0.478 e. The monoisotopic (exact) mass is 442 g/mol. The number of fused-ring (bicyclic) bond motifs is 1. The van der Waals surface area contributed by atoms with Crippen molar-refractivity contribution in [2.24, 2.45) is 0 Å². The summed E-state index contributed by atoms with van der Waals surface area (Å²) in [5.41, 5.74) is 4.39. The van der Waals surface area contributed by atoms with Gasteiger partial charge < -0.3 is 15.7 Å². The third-order valence-corrected chi connectivity index (χ3v) is 6.03. The third kappa shape index (κ3) is 3.69. The van der Waals surface area contributed by atoms with Gasteiger partial charge in [0.1, 0.15) is 17.4 Å². The first kappa shape index (κ1) is 20.7. The van der Waals surface area contributed by atoms with Crippen LogP contribution in [-0.4, -0.2) is 32.5 Å². The van der Waals surface area contributed by atoms with Crippen LogP contribution in [-0.2, 0) is 4.79 Å². The number of benzene rings is 2. The number of rotatable bonds is 4. The van der Waals surface area contributed by atoms with Crippen molar-refractivity contribution in [3.8, 4) is 0 Å². The van der Waals surface area contributed by atoms with Gasteiger partial charge in [-0.3, -0.25) is 9.59 Å². The van der Waals surface area contributed by atoms with Gasteiger partial charge in [-0.2, -0.15) is 5.10 Å². The summed E-state index contributed by atoms with van der Waals surface area (Å²) >= 11 is 0. The second kappa shape index (κ2) is 8.05. The summed E-state index contributed by atoms with van der Waals surface area (Å²) in [6, 6.07) is 13.4. The molecule has 0 saturated heterocycles. The highest BCUT2D eigenvalue weighted by atomic mass is 16.4. The number of amides is 1. The fraction of sp³-hybridized carbons (Fsp3) is 0.200. The van der Waals surface area contributed by atoms with Gasteiger partial charge in [0, 0.05) is 23.4 Å². The maximum Gasteiger partial charge on any atom is 0.335 e. The molecule has 0 fully saturated rings. The first-order valence-corrected chi connectivity index (χ1v) is 10.7. The van der Waals surface area contributed by atoms with E-state index in [0.717, 1.165) is 23.2 Å². The maximum atomic E-state index is 13.1. The van der Waals surface area contributed by atoms with Crippen LogP contribution in [0.3, 0.4) is 0 Å². The van der Waals surface area contributed by atoms with Gasteiger partial charge in [0.05, 0.1) is 11.8 Å². The second-order valence-corrected chi connectivity index (χ2v) is 8.30. The average Bonchev–Trinajstić information content (AvgIpc) is 3.22. The van der Waals surface area contributed by atoms with Gasteiger partial charge >= 0.3 is 5.97 Å². The number of carboxylic acids is 1. The zero-order chi connectivity index (χ0) is 23.1. The SMILES string of the molecule is Cc1cccc(NC(=O)c2cnn3c2NC2=C(C(=O)CCC2)C3c2ccc(C(=O)O)cc2)c1. The van der Waals surface area contributed by atoms with E-state index >= 15 is 0 Å². The fourth-order valence-electron chi connectivity index (χ4n) is 4.46. The van der Waals surface area contributed by atoms with E-state index in [1.807, 2.05) is 31.2 Å². The standard InChI is InChI=1S/C25H22N4O4/c1-14-4-2-5-17(12-14)27-24(31)18-13-26-29-22(15-8-10-16(11-9-15)25(32)33)21-19(28-23(18)29)6-3-7-20(21)30/h2,4-5,8-13,22,28H,3,6-7H2,1H3,(H,27,31)(H,32,33). The molecule has 3 aromatic rings. The first-order valence-electron chi connectivity index (χ1n) is 10.7. The van der Waals surface area contributed by atoms with Gasteiger partial charge in [0.15, 0.2) is 5.78 Å². The lowest BCUT2D eigenvalue weighted by molar-refractivity contribution is -0.116. The Balaban J connectivity index is 1.56. The molecule has 3 N–H and O–H groups in total. The Morgan fingerprint density at radius 1 is 1.15 bits per heavy atom. The Labute approximate surface area is 189 Å². The molecule has 5 rings (SSSR count). The van der Waals surface area contributed by atoms with E-state index in [0.29, 0.717) is 35.5 Å². The molecule has 0 bridgehead atoms. The normalized spacial score (nSPS) is 17.1. The predicted octanol–water partition coefficient (Wildman–Crippen LogP) is 4.16. The number of hydrogen-bond donors (Lipinski definition) is 3. The topological polar surface area (TPSA) is 113 Å². The smallest absolute Gasteiger partial charge is 0.335 e. The van der Waals surface area contributed by atoms with Crippen molar-refractivity contribution >= 4 is 29.2 Å². The quantitative estimate of drug-likeness (QED) is 0.559. The molecular formula is C25H22N4O4. The van der Waals surface area contributed by atoms with Crippen LogP contribution in [0.25, 0.3) is 0 Å². The lowest BCUT2D eigenvalue weighted by Crippen LogP contribution is -2.32. The molecule has 0 saturated carbocycles. The number of aromatic nitrogens is 2. The molecule has 1 aromatic heterocycles. The van der Waals surface area contributed by atoms with E-state index in [1.165, 1.54) is 18.3 Å². The predicted molar refractivity (Wildman–Crippen MR) is 122 cm³/mol. The Hall–Kier alpha value is -4.20. The molecule has 0 radical (unpaired) electrons. The number of carboxylic acid groups (broad SMARTS) is 1. The molecule has 1 atom stereocenters. The number of nitrogens with one attached hydrogen (secondary N) is 2. The molecule has 2 aliphatic rings. The van der Waals surface area contributed by atoms with Crippen LogP contribution < -0.4 is 10.6 Å². The summed E-state index contributed by atoms with van der Waals surface area (Å²) in [5.74, 6) is -0.778. The molecule has 8 nitrogen and oxygen atoms in total. The average molecular weight is 442 g/mol. The van der Waals surface area contributed by atoms with E-state index in [1.54, 1.807) is 16.8 Å². The number of nitrogens with zero attached hydrogens (tertiary/aromatic N) is 2. The molecule has 8 heteroatoms. The Bertz CT molecular complexity index is 1320. The Kier molecular flexibility index (Phi) is 5.05. The zero-order valence-corrected chi connectivity index (χ0v) is 18.0. The minimum absolute atomic E-state index is 0.0305. The minimum atomic E-state index is -1.02. The van der Waals surface area contributed by atoms with Gasteiger partial charge in [-0.1, -0.05) is 24.3 Å². The summed E-state index contributed by atoms with van der Waals surface area (Å²) in [6.45, 7) is 1.95. The molecule has 2 aromatic carbocycles. The van der Waals surface area contributed by atoms with Crippen molar-refractivity contribution in [2.45, 2.75) is 32.2 Å². The number of carbonyl (C=O) groups excluding carboxylic acids is 2. The number of hydrogen-bond acceptors (Lipinski definition) is 5. The summed E-state index contributed by atoms with van der Waals surface area (Å²) in [5, 5.41) is 19.9. The molecule has 2 heterocycles. The molecular weight excluding hydrogens is 420 g/mol. The van der Waals surface area contributed by atoms with Crippen molar-refractivity contribution in [3.05, 3.63) is 88.3 Å². The number of anilines is 2. The molecule has 1 aliphatic carbocycles. The first-order chi connectivity index (χ1) is 15.9. The van der Waals surface area contributed by atoms with Crippen molar-refractivity contribution in [1.82, 2.24) is 9.78 Å². The van der Waals surface area contributed by atoms with E-state index in [2.05, 4.69) is 15.7 Å². The second-order valence-electron chi connectivity index (χ2n) is 8.30. The van der Waals surface area contributed by atoms with Gasteiger partial charge in [0.2, 0.25) is 0 Å². The maximum absolute atomic E-state index is 13.1. The third-order valence-electron chi connectivity index (χ3n) is 6.03. The Morgan fingerprint density at radius 3 is 2.67 bits per heavy atom. The number of carbonyl (C=O) groups is 3. The number of aryl methyl sites for hydroxylation is 1. The van der Waals surface area contributed by atoms with Gasteiger partial charge in [-0.25, -0.2) is 9.48 Å². The molecule has 1 amide bonds. The highest BCUT2D eigenvalue weighted by Crippen LogP contribution is 2.41. The highest BCUT2D eigenvalue weighted by Gasteiger charge is 2.37. The molecule has 1 unspecified atom stereocenters. The highest BCUT2D eigenvalue weighted by molar-refractivity contribution is 6.08. The Morgan fingerprint density at radius 2 is 1.94 bits per heavy atom. The van der Waals surface area contributed by atoms with Crippen LogP contribution in [0.15, 0.2) is 66.0 Å². The largest absolute Gasteiger partial charge is 0.478 e. The number of aromatic carboxylic acids is 1. The lowest BCUT2D eigenvalue weighted by atomic mass is 9.85. The van der Waals surface area contributed by atoms with E-state index < -0.39 is 12.0 Å². The van der Waals surface area contributed by atoms with Crippen LogP contribution in [0.1, 0.15) is 57.1 Å².